The molecule has 3 atom stereocenters. The molecule has 1 aromatic rings. The van der Waals surface area contributed by atoms with E-state index in [1.807, 2.05) is 0 Å². The molecule has 3 rings (SSSR count). The second kappa shape index (κ2) is 4.49. The summed E-state index contributed by atoms with van der Waals surface area (Å²) in [6, 6.07) is 0. The van der Waals surface area contributed by atoms with Gasteiger partial charge in [-0.3, -0.25) is 13.9 Å². The molecule has 0 radical (unpaired) electrons. The summed E-state index contributed by atoms with van der Waals surface area (Å²) in [4.78, 5) is 24.8. The molecule has 116 valence electrons. The first-order valence-electron chi connectivity index (χ1n) is 7.74. The van der Waals surface area contributed by atoms with Crippen molar-refractivity contribution in [1.82, 2.24) is 9.13 Å². The molecule has 5 heteroatoms. The summed E-state index contributed by atoms with van der Waals surface area (Å²) in [6.07, 6.45) is 3.31. The van der Waals surface area contributed by atoms with E-state index in [0.29, 0.717) is 23.3 Å². The van der Waals surface area contributed by atoms with Crippen molar-refractivity contribution >= 4 is 0 Å². The highest BCUT2D eigenvalue weighted by Crippen LogP contribution is 2.51. The van der Waals surface area contributed by atoms with Crippen molar-refractivity contribution < 1.29 is 4.74 Å². The lowest BCUT2D eigenvalue weighted by molar-refractivity contribution is -0.0400. The van der Waals surface area contributed by atoms with E-state index >= 15 is 0 Å². The monoisotopic (exact) mass is 292 g/mol. The molecule has 0 saturated heterocycles. The van der Waals surface area contributed by atoms with Crippen LogP contribution in [-0.4, -0.2) is 14.7 Å². The lowest BCUT2D eigenvalue weighted by atomic mass is 9.63. The van der Waals surface area contributed by atoms with Crippen molar-refractivity contribution in [3.05, 3.63) is 26.4 Å². The average Bonchev–Trinajstić information content (AvgIpc) is 2.41. The Morgan fingerprint density at radius 2 is 1.81 bits per heavy atom. The molecule has 1 aliphatic heterocycles. The van der Waals surface area contributed by atoms with Gasteiger partial charge in [0.2, 0.25) is 5.88 Å². The van der Waals surface area contributed by atoms with Crippen molar-refractivity contribution in [3.63, 3.8) is 0 Å². The molecule has 21 heavy (non-hydrogen) atoms. The van der Waals surface area contributed by atoms with Crippen LogP contribution in [0.15, 0.2) is 9.59 Å². The summed E-state index contributed by atoms with van der Waals surface area (Å²) in [5.41, 5.74) is -0.159. The third-order valence-electron chi connectivity index (χ3n) is 5.40. The van der Waals surface area contributed by atoms with Crippen molar-refractivity contribution in [2.75, 3.05) is 0 Å². The zero-order chi connectivity index (χ0) is 15.5. The average molecular weight is 292 g/mol. The van der Waals surface area contributed by atoms with E-state index < -0.39 is 0 Å². The lowest BCUT2D eigenvalue weighted by Gasteiger charge is -2.49. The van der Waals surface area contributed by atoms with Crippen molar-refractivity contribution in [2.24, 2.45) is 25.9 Å². The van der Waals surface area contributed by atoms with Gasteiger partial charge in [-0.05, 0) is 26.2 Å². The number of aromatic nitrogens is 2. The first-order chi connectivity index (χ1) is 9.75. The van der Waals surface area contributed by atoms with Gasteiger partial charge < -0.3 is 4.74 Å². The standard InChI is InChI=1S/C16H24N2O3/c1-9-7-6-8-10-11-13(19)17(4)15(20)18(5)14(11)21-16(2,3)12(9)10/h9-10,12H,6-8H2,1-5H3/t9-,10-,12+/m0/s1. The van der Waals surface area contributed by atoms with Crippen LogP contribution < -0.4 is 16.0 Å². The number of fused-ring (bicyclic) bond motifs is 3. The van der Waals surface area contributed by atoms with E-state index in [0.717, 1.165) is 12.8 Å². The molecule has 0 N–H and O–H groups in total. The second-order valence-corrected chi connectivity index (χ2v) is 7.17. The Morgan fingerprint density at radius 1 is 1.14 bits per heavy atom. The molecule has 0 aromatic carbocycles. The maximum atomic E-state index is 12.6. The Kier molecular flexibility index (Phi) is 3.08. The molecule has 2 heterocycles. The van der Waals surface area contributed by atoms with E-state index in [2.05, 4.69) is 20.8 Å². The number of hydrogen-bond donors (Lipinski definition) is 0. The maximum Gasteiger partial charge on any atom is 0.333 e. The Morgan fingerprint density at radius 3 is 2.48 bits per heavy atom. The minimum Gasteiger partial charge on any atom is -0.472 e. The summed E-state index contributed by atoms with van der Waals surface area (Å²) in [5.74, 6) is 1.51. The van der Waals surface area contributed by atoms with Crippen LogP contribution in [0, 0.1) is 11.8 Å². The number of rotatable bonds is 0. The smallest absolute Gasteiger partial charge is 0.333 e. The van der Waals surface area contributed by atoms with Gasteiger partial charge in [0, 0.05) is 25.9 Å². The molecule has 0 unspecified atom stereocenters. The van der Waals surface area contributed by atoms with Crippen LogP contribution in [0.25, 0.3) is 0 Å². The van der Waals surface area contributed by atoms with Crippen LogP contribution in [0.3, 0.4) is 0 Å². The van der Waals surface area contributed by atoms with Crippen LogP contribution in [0.2, 0.25) is 0 Å². The molecule has 1 fully saturated rings. The minimum atomic E-state index is -0.353. The van der Waals surface area contributed by atoms with Crippen molar-refractivity contribution in [1.29, 1.82) is 0 Å². The van der Waals surface area contributed by atoms with Gasteiger partial charge in [-0.1, -0.05) is 19.8 Å². The van der Waals surface area contributed by atoms with E-state index in [1.165, 1.54) is 15.6 Å². The van der Waals surface area contributed by atoms with Gasteiger partial charge in [0.1, 0.15) is 5.60 Å². The summed E-state index contributed by atoms with van der Waals surface area (Å²) >= 11 is 0. The predicted molar refractivity (Wildman–Crippen MR) is 80.9 cm³/mol. The predicted octanol–water partition coefficient (Wildman–Crippen LogP) is 1.77. The normalized spacial score (nSPS) is 30.2. The topological polar surface area (TPSA) is 53.2 Å². The van der Waals surface area contributed by atoms with Crippen LogP contribution in [0.4, 0.5) is 0 Å². The zero-order valence-corrected chi connectivity index (χ0v) is 13.5. The fourth-order valence-electron chi connectivity index (χ4n) is 4.52. The van der Waals surface area contributed by atoms with Gasteiger partial charge in [-0.2, -0.15) is 0 Å². The molecule has 1 saturated carbocycles. The molecule has 0 bridgehead atoms. The molecule has 5 nitrogen and oxygen atoms in total. The van der Waals surface area contributed by atoms with Crippen molar-refractivity contribution in [2.45, 2.75) is 51.6 Å². The molecule has 0 spiro atoms. The summed E-state index contributed by atoms with van der Waals surface area (Å²) in [5, 5.41) is 0. The highest BCUT2D eigenvalue weighted by atomic mass is 16.5. The van der Waals surface area contributed by atoms with Crippen LogP contribution >= 0.6 is 0 Å². The van der Waals surface area contributed by atoms with E-state index in [9.17, 15) is 9.59 Å². The van der Waals surface area contributed by atoms with E-state index in [4.69, 9.17) is 4.74 Å². The second-order valence-electron chi connectivity index (χ2n) is 7.17. The third kappa shape index (κ3) is 1.89. The summed E-state index contributed by atoms with van der Waals surface area (Å²) < 4.78 is 8.84. The highest BCUT2D eigenvalue weighted by molar-refractivity contribution is 5.34. The Bertz CT molecular complexity index is 699. The molecule has 0 amide bonds. The van der Waals surface area contributed by atoms with Gasteiger partial charge in [-0.15, -0.1) is 0 Å². The van der Waals surface area contributed by atoms with Gasteiger partial charge in [-0.25, -0.2) is 4.79 Å². The maximum absolute atomic E-state index is 12.6. The number of nitrogens with zero attached hydrogens (tertiary/aromatic N) is 2. The Hall–Kier alpha value is -1.52. The fraction of sp³-hybridized carbons (Fsp3) is 0.750. The van der Waals surface area contributed by atoms with Crippen molar-refractivity contribution in [3.8, 4) is 5.88 Å². The number of hydrogen-bond acceptors (Lipinski definition) is 3. The SMILES string of the molecule is C[C@H]1CCC[C@H]2c3c(n(C)c(=O)n(C)c3=O)OC(C)(C)[C@H]12. The summed E-state index contributed by atoms with van der Waals surface area (Å²) in [7, 11) is 3.23. The molecule has 1 aliphatic carbocycles. The van der Waals surface area contributed by atoms with Crippen LogP contribution in [0.1, 0.15) is 51.5 Å². The molecule has 2 aliphatic rings. The van der Waals surface area contributed by atoms with Gasteiger partial charge in [0.25, 0.3) is 5.56 Å². The highest BCUT2D eigenvalue weighted by Gasteiger charge is 2.49. The van der Waals surface area contributed by atoms with Gasteiger partial charge >= 0.3 is 5.69 Å². The third-order valence-corrected chi connectivity index (χ3v) is 5.40. The first-order valence-corrected chi connectivity index (χ1v) is 7.74. The van der Waals surface area contributed by atoms with Gasteiger partial charge in [0.05, 0.1) is 5.56 Å². The first kappa shape index (κ1) is 14.4. The van der Waals surface area contributed by atoms with Crippen LogP contribution in [0.5, 0.6) is 5.88 Å². The molecular formula is C16H24N2O3. The molecular weight excluding hydrogens is 268 g/mol. The lowest BCUT2D eigenvalue weighted by Crippen LogP contribution is -2.53. The largest absolute Gasteiger partial charge is 0.472 e. The summed E-state index contributed by atoms with van der Waals surface area (Å²) in [6.45, 7) is 6.41. The quantitative estimate of drug-likeness (QED) is 0.732. The Labute approximate surface area is 124 Å². The number of ether oxygens (including phenoxy) is 1. The van der Waals surface area contributed by atoms with Crippen LogP contribution in [-0.2, 0) is 14.1 Å². The van der Waals surface area contributed by atoms with Gasteiger partial charge in [0.15, 0.2) is 0 Å². The Balaban J connectivity index is 2.31. The van der Waals surface area contributed by atoms with E-state index in [1.54, 1.807) is 14.1 Å². The minimum absolute atomic E-state index is 0.187. The molecule has 1 aromatic heterocycles. The fourth-order valence-corrected chi connectivity index (χ4v) is 4.52. The van der Waals surface area contributed by atoms with E-state index in [-0.39, 0.29) is 22.8 Å². The zero-order valence-electron chi connectivity index (χ0n) is 13.5.